The van der Waals surface area contributed by atoms with Gasteiger partial charge in [-0.05, 0) is 116 Å². The van der Waals surface area contributed by atoms with Crippen LogP contribution in [0.5, 0.6) is 0 Å². The highest BCUT2D eigenvalue weighted by Crippen LogP contribution is 2.16. The van der Waals surface area contributed by atoms with Crippen LogP contribution in [0.3, 0.4) is 0 Å². The van der Waals surface area contributed by atoms with Crippen LogP contribution < -0.4 is 0 Å². The van der Waals surface area contributed by atoms with E-state index in [1.54, 1.807) is 0 Å². The van der Waals surface area contributed by atoms with Crippen molar-refractivity contribution in [3.63, 3.8) is 0 Å². The van der Waals surface area contributed by atoms with Crippen LogP contribution >= 0.6 is 0 Å². The van der Waals surface area contributed by atoms with E-state index in [-0.39, 0.29) is 31.1 Å². The lowest BCUT2D eigenvalue weighted by Gasteiger charge is -2.18. The second-order valence-corrected chi connectivity index (χ2v) is 21.0. The molecule has 0 bridgehead atoms. The lowest BCUT2D eigenvalue weighted by atomic mass is 10.1. The Labute approximate surface area is 453 Å². The normalized spacial score (nSPS) is 12.5. The van der Waals surface area contributed by atoms with E-state index in [0.717, 1.165) is 89.9 Å². The van der Waals surface area contributed by atoms with Crippen LogP contribution in [0.15, 0.2) is 72.9 Å². The topological polar surface area (TPSA) is 78.9 Å². The highest BCUT2D eigenvalue weighted by atomic mass is 16.6. The Kier molecular flexibility index (Phi) is 58.7. The monoisotopic (exact) mass is 1020 g/mol. The molecule has 0 aliphatic rings. The Hall–Kier alpha value is -3.15. The number of carbonyl (C=O) groups excluding carboxylic acids is 3. The van der Waals surface area contributed by atoms with Gasteiger partial charge in [0.2, 0.25) is 0 Å². The van der Waals surface area contributed by atoms with Crippen molar-refractivity contribution in [2.24, 2.45) is 0 Å². The Morgan fingerprint density at radius 1 is 0.274 bits per heavy atom. The Balaban J connectivity index is 4.41. The number of hydrogen-bond donors (Lipinski definition) is 0. The average Bonchev–Trinajstić information content (AvgIpc) is 3.39. The van der Waals surface area contributed by atoms with Gasteiger partial charge in [-0.15, -0.1) is 0 Å². The molecule has 0 aromatic heterocycles. The molecule has 0 aromatic carbocycles. The first-order valence-electron chi connectivity index (χ1n) is 31.4. The number of hydrogen-bond acceptors (Lipinski definition) is 6. The zero-order valence-electron chi connectivity index (χ0n) is 48.4. The van der Waals surface area contributed by atoms with Crippen molar-refractivity contribution in [1.82, 2.24) is 0 Å². The molecule has 1 atom stereocenters. The second-order valence-electron chi connectivity index (χ2n) is 21.0. The first-order valence-corrected chi connectivity index (χ1v) is 31.4. The number of allylic oxidation sites excluding steroid dienone is 12. The molecule has 0 unspecified atom stereocenters. The van der Waals surface area contributed by atoms with E-state index in [9.17, 15) is 14.4 Å². The number of ether oxygens (including phenoxy) is 3. The summed E-state index contributed by atoms with van der Waals surface area (Å²) in [6.07, 6.45) is 78.9. The molecule has 0 fully saturated rings. The zero-order valence-corrected chi connectivity index (χ0v) is 48.4. The first-order chi connectivity index (χ1) is 36.0. The van der Waals surface area contributed by atoms with Crippen molar-refractivity contribution in [2.45, 2.75) is 322 Å². The van der Waals surface area contributed by atoms with E-state index < -0.39 is 6.10 Å². The molecule has 0 aliphatic carbocycles. The van der Waals surface area contributed by atoms with Crippen LogP contribution in [0, 0.1) is 0 Å². The molecular formula is C67H118O6. The minimum atomic E-state index is -0.789. The van der Waals surface area contributed by atoms with Crippen LogP contribution in [0.1, 0.15) is 316 Å². The van der Waals surface area contributed by atoms with Gasteiger partial charge in [0.05, 0.1) is 0 Å². The molecule has 6 heteroatoms. The quantitative estimate of drug-likeness (QED) is 0.0261. The lowest BCUT2D eigenvalue weighted by molar-refractivity contribution is -0.167. The number of unbranched alkanes of at least 4 members (excludes halogenated alkanes) is 34. The Bertz CT molecular complexity index is 1360. The second kappa shape index (κ2) is 61.4. The van der Waals surface area contributed by atoms with Gasteiger partial charge in [0.25, 0.3) is 0 Å². The van der Waals surface area contributed by atoms with Crippen LogP contribution in [-0.2, 0) is 28.6 Å². The van der Waals surface area contributed by atoms with Gasteiger partial charge in [0, 0.05) is 19.3 Å². The third-order valence-electron chi connectivity index (χ3n) is 13.7. The number of esters is 3. The van der Waals surface area contributed by atoms with Crippen LogP contribution in [0.4, 0.5) is 0 Å². The fraction of sp³-hybridized carbons (Fsp3) is 0.776. The summed E-state index contributed by atoms with van der Waals surface area (Å²) in [5.74, 6) is -0.899. The third-order valence-corrected chi connectivity index (χ3v) is 13.7. The highest BCUT2D eigenvalue weighted by Gasteiger charge is 2.19. The van der Waals surface area contributed by atoms with Gasteiger partial charge >= 0.3 is 17.9 Å². The SMILES string of the molecule is CCCCC/C=C/C/C=C/C/C=C/CCCCCCC(=O)OC[C@H](COC(=O)CCCCCCCCCCC/C=C/C/C=C/CCCCC)OC(=O)CCCCCCCCCCC/C=C/CCCCCCCC. The first kappa shape index (κ1) is 69.8. The Morgan fingerprint density at radius 3 is 0.808 bits per heavy atom. The maximum atomic E-state index is 12.9. The van der Waals surface area contributed by atoms with Crippen molar-refractivity contribution < 1.29 is 28.6 Å². The molecule has 0 N–H and O–H groups in total. The molecule has 0 saturated heterocycles. The van der Waals surface area contributed by atoms with E-state index >= 15 is 0 Å². The van der Waals surface area contributed by atoms with Crippen molar-refractivity contribution in [2.75, 3.05) is 13.2 Å². The molecule has 0 radical (unpaired) electrons. The Morgan fingerprint density at radius 2 is 0.493 bits per heavy atom. The van der Waals surface area contributed by atoms with Gasteiger partial charge in [0.15, 0.2) is 6.10 Å². The van der Waals surface area contributed by atoms with E-state index in [1.165, 1.54) is 186 Å². The summed E-state index contributed by atoms with van der Waals surface area (Å²) in [7, 11) is 0. The summed E-state index contributed by atoms with van der Waals surface area (Å²) in [4.78, 5) is 38.3. The molecule has 73 heavy (non-hydrogen) atoms. The van der Waals surface area contributed by atoms with E-state index in [4.69, 9.17) is 14.2 Å². The standard InChI is InChI=1S/C67H118O6/c1-4-7-10-13-16-19-22-25-28-31-33-36-39-42-45-48-51-54-57-60-66(69)72-63-64(62-71-65(68)59-56-53-50-47-44-41-38-35-30-27-24-21-18-15-12-9-6-3)73-67(70)61-58-55-52-49-46-43-40-37-34-32-29-26-23-20-17-14-11-8-5-2/h16,18-19,21,25-30,38,41,64H,4-15,17,20,22-24,31-37,39-40,42-63H2,1-3H3/b19-16+,21-18+,28-25+,29-26+,30-27+,41-38+/t64-/m1/s1. The predicted molar refractivity (Wildman–Crippen MR) is 316 cm³/mol. The highest BCUT2D eigenvalue weighted by molar-refractivity contribution is 5.71. The van der Waals surface area contributed by atoms with E-state index in [0.29, 0.717) is 19.3 Å². The van der Waals surface area contributed by atoms with Gasteiger partial charge in [-0.3, -0.25) is 14.4 Å². The minimum absolute atomic E-state index is 0.0845. The maximum Gasteiger partial charge on any atom is 0.306 e. The zero-order chi connectivity index (χ0) is 52.9. The minimum Gasteiger partial charge on any atom is -0.462 e. The summed E-state index contributed by atoms with van der Waals surface area (Å²) in [5, 5.41) is 0. The largest absolute Gasteiger partial charge is 0.462 e. The third kappa shape index (κ3) is 59.6. The van der Waals surface area contributed by atoms with Crippen molar-refractivity contribution in [1.29, 1.82) is 0 Å². The fourth-order valence-electron chi connectivity index (χ4n) is 8.89. The fourth-order valence-corrected chi connectivity index (χ4v) is 8.89. The van der Waals surface area contributed by atoms with Crippen LogP contribution in [0.2, 0.25) is 0 Å². The lowest BCUT2D eigenvalue weighted by Crippen LogP contribution is -2.30. The predicted octanol–water partition coefficient (Wildman–Crippen LogP) is 21.3. The van der Waals surface area contributed by atoms with Crippen molar-refractivity contribution >= 4 is 17.9 Å². The summed E-state index contributed by atoms with van der Waals surface area (Å²) in [5.41, 5.74) is 0. The van der Waals surface area contributed by atoms with Gasteiger partial charge in [-0.2, -0.15) is 0 Å². The molecule has 0 saturated carbocycles. The molecular weight excluding hydrogens is 901 g/mol. The van der Waals surface area contributed by atoms with Gasteiger partial charge in [0.1, 0.15) is 13.2 Å². The number of rotatable bonds is 57. The van der Waals surface area contributed by atoms with Gasteiger partial charge in [-0.1, -0.05) is 254 Å². The smallest absolute Gasteiger partial charge is 0.306 e. The van der Waals surface area contributed by atoms with Crippen LogP contribution in [0.25, 0.3) is 0 Å². The molecule has 0 amide bonds. The summed E-state index contributed by atoms with van der Waals surface area (Å²) >= 11 is 0. The maximum absolute atomic E-state index is 12.9. The van der Waals surface area contributed by atoms with Gasteiger partial charge in [-0.25, -0.2) is 0 Å². The van der Waals surface area contributed by atoms with Crippen LogP contribution in [-0.4, -0.2) is 37.2 Å². The van der Waals surface area contributed by atoms with Gasteiger partial charge < -0.3 is 14.2 Å². The molecule has 0 rings (SSSR count). The molecule has 0 aliphatic heterocycles. The average molecular weight is 1020 g/mol. The number of carbonyl (C=O) groups is 3. The molecule has 0 heterocycles. The van der Waals surface area contributed by atoms with Crippen molar-refractivity contribution in [3.8, 4) is 0 Å². The van der Waals surface area contributed by atoms with E-state index in [1.807, 2.05) is 0 Å². The summed E-state index contributed by atoms with van der Waals surface area (Å²) in [6.45, 7) is 6.59. The van der Waals surface area contributed by atoms with E-state index in [2.05, 4.69) is 93.7 Å². The molecule has 0 aromatic rings. The summed E-state index contributed by atoms with van der Waals surface area (Å²) < 4.78 is 16.9. The van der Waals surface area contributed by atoms with Crippen molar-refractivity contribution in [3.05, 3.63) is 72.9 Å². The molecule has 0 spiro atoms. The molecule has 6 nitrogen and oxygen atoms in total. The summed E-state index contributed by atoms with van der Waals surface area (Å²) in [6, 6.07) is 0. The molecule has 422 valence electrons.